The predicted molar refractivity (Wildman–Crippen MR) is 94.9 cm³/mol. The van der Waals surface area contributed by atoms with Gasteiger partial charge in [-0.25, -0.2) is 4.39 Å². The number of rotatable bonds is 6. The summed E-state index contributed by atoms with van der Waals surface area (Å²) in [5.74, 6) is 0.433. The molecule has 0 aliphatic heterocycles. The molecular weight excluding hydrogens is 317 g/mol. The summed E-state index contributed by atoms with van der Waals surface area (Å²) >= 11 is 0. The van der Waals surface area contributed by atoms with Gasteiger partial charge in [0.05, 0.1) is 5.69 Å². The second-order valence-corrected chi connectivity index (χ2v) is 5.85. The quantitative estimate of drug-likeness (QED) is 0.700. The van der Waals surface area contributed by atoms with Gasteiger partial charge in [-0.05, 0) is 43.7 Å². The summed E-state index contributed by atoms with van der Waals surface area (Å²) in [6.45, 7) is 3.99. The minimum Gasteiger partial charge on any atom is -0.454 e. The zero-order valence-corrected chi connectivity index (χ0v) is 14.2. The summed E-state index contributed by atoms with van der Waals surface area (Å²) in [4.78, 5) is 8.36. The van der Waals surface area contributed by atoms with Gasteiger partial charge in [-0.1, -0.05) is 24.3 Å². The minimum absolute atomic E-state index is 0.00649. The topological polar surface area (TPSA) is 47.0 Å². The number of halogens is 1. The number of para-hydroxylation sites is 1. The fourth-order valence-electron chi connectivity index (χ4n) is 2.58. The monoisotopic (exact) mass is 337 g/mol. The largest absolute Gasteiger partial charge is 0.454 e. The summed E-state index contributed by atoms with van der Waals surface area (Å²) in [5, 5.41) is 3.40. The number of aromatic nitrogens is 2. The second-order valence-electron chi connectivity index (χ2n) is 5.85. The van der Waals surface area contributed by atoms with Crippen LogP contribution in [0.3, 0.4) is 0 Å². The molecule has 0 spiro atoms. The van der Waals surface area contributed by atoms with Crippen molar-refractivity contribution in [1.29, 1.82) is 0 Å². The molecule has 3 rings (SSSR count). The van der Waals surface area contributed by atoms with Gasteiger partial charge in [-0.15, -0.1) is 0 Å². The SMILES string of the molecule is C[C@@H](N[C@H](C)c1cnccn1)c1ccc(Oc2ccccc2)c(F)c1. The third-order valence-corrected chi connectivity index (χ3v) is 3.95. The number of hydrogen-bond donors (Lipinski definition) is 1. The zero-order valence-electron chi connectivity index (χ0n) is 14.2. The summed E-state index contributed by atoms with van der Waals surface area (Å²) in [5.41, 5.74) is 1.69. The number of benzene rings is 2. The molecule has 0 amide bonds. The van der Waals surface area contributed by atoms with Gasteiger partial charge < -0.3 is 10.1 Å². The first kappa shape index (κ1) is 17.0. The van der Waals surface area contributed by atoms with E-state index in [1.165, 1.54) is 6.07 Å². The van der Waals surface area contributed by atoms with E-state index in [-0.39, 0.29) is 23.7 Å². The Kier molecular flexibility index (Phi) is 5.36. The van der Waals surface area contributed by atoms with Crippen LogP contribution in [0.1, 0.15) is 37.2 Å². The summed E-state index contributed by atoms with van der Waals surface area (Å²) in [7, 11) is 0. The van der Waals surface area contributed by atoms with Gasteiger partial charge in [0.15, 0.2) is 11.6 Å². The maximum Gasteiger partial charge on any atom is 0.166 e. The molecule has 1 heterocycles. The van der Waals surface area contributed by atoms with E-state index in [1.54, 1.807) is 36.8 Å². The maximum atomic E-state index is 14.4. The molecule has 25 heavy (non-hydrogen) atoms. The molecule has 0 radical (unpaired) electrons. The number of ether oxygens (including phenoxy) is 1. The van der Waals surface area contributed by atoms with Crippen molar-refractivity contribution in [3.05, 3.63) is 84.2 Å². The third kappa shape index (κ3) is 4.39. The molecule has 0 saturated heterocycles. The van der Waals surface area contributed by atoms with Crippen LogP contribution in [0.2, 0.25) is 0 Å². The predicted octanol–water partition coefficient (Wildman–Crippen LogP) is 4.82. The van der Waals surface area contributed by atoms with Crippen LogP contribution in [0, 0.1) is 5.82 Å². The molecule has 0 aliphatic carbocycles. The van der Waals surface area contributed by atoms with Gasteiger partial charge >= 0.3 is 0 Å². The van der Waals surface area contributed by atoms with Crippen molar-refractivity contribution in [3.8, 4) is 11.5 Å². The lowest BCUT2D eigenvalue weighted by molar-refractivity contribution is 0.438. The van der Waals surface area contributed by atoms with Crippen molar-refractivity contribution in [3.63, 3.8) is 0 Å². The summed E-state index contributed by atoms with van der Waals surface area (Å²) < 4.78 is 20.0. The van der Waals surface area contributed by atoms with Crippen LogP contribution >= 0.6 is 0 Å². The van der Waals surface area contributed by atoms with Gasteiger partial charge in [-0.3, -0.25) is 9.97 Å². The lowest BCUT2D eigenvalue weighted by atomic mass is 10.1. The average molecular weight is 337 g/mol. The average Bonchev–Trinajstić information content (AvgIpc) is 2.65. The Labute approximate surface area is 146 Å². The molecule has 1 aromatic heterocycles. The minimum atomic E-state index is -0.387. The highest BCUT2D eigenvalue weighted by molar-refractivity contribution is 5.35. The van der Waals surface area contributed by atoms with Gasteiger partial charge in [0.1, 0.15) is 5.75 Å². The normalized spacial score (nSPS) is 13.2. The molecule has 128 valence electrons. The van der Waals surface area contributed by atoms with E-state index in [9.17, 15) is 4.39 Å². The fraction of sp³-hybridized carbons (Fsp3) is 0.200. The highest BCUT2D eigenvalue weighted by Gasteiger charge is 2.14. The summed E-state index contributed by atoms with van der Waals surface area (Å²) in [6, 6.07) is 14.1. The molecule has 0 unspecified atom stereocenters. The number of nitrogens with one attached hydrogen (secondary N) is 1. The van der Waals surface area contributed by atoms with Crippen LogP contribution < -0.4 is 10.1 Å². The van der Waals surface area contributed by atoms with Crippen LogP contribution in [0.15, 0.2) is 67.1 Å². The van der Waals surface area contributed by atoms with Crippen molar-refractivity contribution in [1.82, 2.24) is 15.3 Å². The first-order chi connectivity index (χ1) is 12.1. The molecule has 1 N–H and O–H groups in total. The van der Waals surface area contributed by atoms with Crippen molar-refractivity contribution in [2.75, 3.05) is 0 Å². The van der Waals surface area contributed by atoms with Crippen LogP contribution in [-0.4, -0.2) is 9.97 Å². The van der Waals surface area contributed by atoms with Crippen LogP contribution in [0.5, 0.6) is 11.5 Å². The van der Waals surface area contributed by atoms with E-state index in [0.29, 0.717) is 5.75 Å². The Morgan fingerprint density at radius 2 is 1.80 bits per heavy atom. The van der Waals surface area contributed by atoms with Crippen molar-refractivity contribution >= 4 is 0 Å². The van der Waals surface area contributed by atoms with Gasteiger partial charge in [0.25, 0.3) is 0 Å². The van der Waals surface area contributed by atoms with E-state index in [4.69, 9.17) is 4.74 Å². The molecule has 2 atom stereocenters. The Morgan fingerprint density at radius 3 is 2.48 bits per heavy atom. The van der Waals surface area contributed by atoms with Crippen molar-refractivity contribution < 1.29 is 9.13 Å². The Hall–Kier alpha value is -2.79. The second kappa shape index (κ2) is 7.85. The first-order valence-corrected chi connectivity index (χ1v) is 8.18. The van der Waals surface area contributed by atoms with Crippen molar-refractivity contribution in [2.24, 2.45) is 0 Å². The fourth-order valence-corrected chi connectivity index (χ4v) is 2.58. The molecule has 0 aliphatic rings. The van der Waals surface area contributed by atoms with E-state index < -0.39 is 0 Å². The van der Waals surface area contributed by atoms with E-state index in [0.717, 1.165) is 11.3 Å². The zero-order chi connectivity index (χ0) is 17.6. The number of hydrogen-bond acceptors (Lipinski definition) is 4. The van der Waals surface area contributed by atoms with Gasteiger partial charge in [-0.2, -0.15) is 0 Å². The molecule has 2 aromatic carbocycles. The molecule has 0 saturated carbocycles. The standard InChI is InChI=1S/C20H20FN3O/c1-14(24-15(2)19-13-22-10-11-23-19)16-8-9-20(18(21)12-16)25-17-6-4-3-5-7-17/h3-15,24H,1-2H3/t14-,15-/m1/s1. The molecule has 0 bridgehead atoms. The molecular formula is C20H20FN3O. The molecule has 0 fully saturated rings. The Balaban J connectivity index is 1.69. The molecule has 4 nitrogen and oxygen atoms in total. The molecule has 5 heteroatoms. The van der Waals surface area contributed by atoms with Crippen LogP contribution in [0.25, 0.3) is 0 Å². The van der Waals surface area contributed by atoms with E-state index >= 15 is 0 Å². The van der Waals surface area contributed by atoms with Crippen molar-refractivity contribution in [2.45, 2.75) is 25.9 Å². The third-order valence-electron chi connectivity index (χ3n) is 3.95. The first-order valence-electron chi connectivity index (χ1n) is 8.18. The maximum absolute atomic E-state index is 14.4. The van der Waals surface area contributed by atoms with Crippen LogP contribution in [0.4, 0.5) is 4.39 Å². The lowest BCUT2D eigenvalue weighted by Crippen LogP contribution is -2.23. The summed E-state index contributed by atoms with van der Waals surface area (Å²) in [6.07, 6.45) is 5.02. The van der Waals surface area contributed by atoms with E-state index in [1.807, 2.05) is 38.1 Å². The Bertz CT molecular complexity index is 812. The Morgan fingerprint density at radius 1 is 1.00 bits per heavy atom. The smallest absolute Gasteiger partial charge is 0.166 e. The highest BCUT2D eigenvalue weighted by atomic mass is 19.1. The highest BCUT2D eigenvalue weighted by Crippen LogP contribution is 2.27. The van der Waals surface area contributed by atoms with E-state index in [2.05, 4.69) is 15.3 Å². The lowest BCUT2D eigenvalue weighted by Gasteiger charge is -2.20. The number of nitrogens with zero attached hydrogens (tertiary/aromatic N) is 2. The van der Waals surface area contributed by atoms with Gasteiger partial charge in [0, 0.05) is 30.7 Å². The van der Waals surface area contributed by atoms with Gasteiger partial charge in [0.2, 0.25) is 0 Å². The van der Waals surface area contributed by atoms with Crippen LogP contribution in [-0.2, 0) is 0 Å². The molecule has 3 aromatic rings.